The lowest BCUT2D eigenvalue weighted by molar-refractivity contribution is -0.135. The molecule has 0 aromatic carbocycles. The van der Waals surface area contributed by atoms with Crippen molar-refractivity contribution >= 4 is 100 Å². The number of carbonyl (C=O) groups excluding carboxylic acids is 1. The Bertz CT molecular complexity index is 683. The summed E-state index contributed by atoms with van der Waals surface area (Å²) in [7, 11) is 1.42. The van der Waals surface area contributed by atoms with Crippen molar-refractivity contribution < 1.29 is 9.53 Å². The first-order valence-electron chi connectivity index (χ1n) is 5.80. The van der Waals surface area contributed by atoms with E-state index in [2.05, 4.69) is 10.8 Å². The monoisotopic (exact) mass is 438 g/mol. The molecule has 0 N–H and O–H groups in total. The molecule has 0 fully saturated rings. The van der Waals surface area contributed by atoms with Crippen LogP contribution < -0.4 is 0 Å². The summed E-state index contributed by atoms with van der Waals surface area (Å²) in [5, 5.41) is 6.16. The normalized spacial score (nSPS) is 23.8. The van der Waals surface area contributed by atoms with Crippen LogP contribution in [-0.2, 0) is 9.53 Å². The van der Waals surface area contributed by atoms with Crippen LogP contribution in [0.25, 0.3) is 0 Å². The summed E-state index contributed by atoms with van der Waals surface area (Å²) in [6, 6.07) is 0. The summed E-state index contributed by atoms with van der Waals surface area (Å²) in [6.45, 7) is 0. The van der Waals surface area contributed by atoms with Gasteiger partial charge in [0.05, 0.1) is 32.5 Å². The second-order valence-electron chi connectivity index (χ2n) is 3.83. The van der Waals surface area contributed by atoms with Gasteiger partial charge in [-0.2, -0.15) is 0 Å². The molecular formula is C12H6O2S8. The highest BCUT2D eigenvalue weighted by molar-refractivity contribution is 8.49. The van der Waals surface area contributed by atoms with Gasteiger partial charge >= 0.3 is 5.97 Å². The number of methoxy groups -OCH3 is 1. The third-order valence-corrected chi connectivity index (χ3v) is 13.7. The minimum atomic E-state index is -0.250. The molecule has 0 atom stereocenters. The first-order valence-corrected chi connectivity index (χ1v) is 12.5. The summed E-state index contributed by atoms with van der Waals surface area (Å²) in [5.41, 5.74) is 0. The maximum absolute atomic E-state index is 11.6. The molecule has 0 saturated heterocycles. The van der Waals surface area contributed by atoms with E-state index in [1.807, 2.05) is 52.5 Å². The summed E-state index contributed by atoms with van der Waals surface area (Å²) in [4.78, 5) is 12.2. The fourth-order valence-corrected chi connectivity index (χ4v) is 12.6. The molecule has 0 amide bonds. The van der Waals surface area contributed by atoms with Crippen molar-refractivity contribution in [3.63, 3.8) is 0 Å². The molecule has 2 nitrogen and oxygen atoms in total. The molecule has 0 bridgehead atoms. The molecule has 22 heavy (non-hydrogen) atoms. The maximum Gasteiger partial charge on any atom is 0.345 e. The van der Waals surface area contributed by atoms with Gasteiger partial charge in [-0.15, -0.1) is 0 Å². The number of carbonyl (C=O) groups is 1. The molecule has 4 heterocycles. The second kappa shape index (κ2) is 7.07. The van der Waals surface area contributed by atoms with Crippen LogP contribution in [0.4, 0.5) is 0 Å². The zero-order valence-electron chi connectivity index (χ0n) is 10.8. The molecule has 4 aliphatic heterocycles. The Morgan fingerprint density at radius 1 is 0.773 bits per heavy atom. The van der Waals surface area contributed by atoms with Crippen LogP contribution in [0.15, 0.2) is 46.6 Å². The van der Waals surface area contributed by atoms with Crippen LogP contribution in [0, 0.1) is 0 Å². The van der Waals surface area contributed by atoms with Gasteiger partial charge in [-0.1, -0.05) is 94.1 Å². The predicted molar refractivity (Wildman–Crippen MR) is 111 cm³/mol. The van der Waals surface area contributed by atoms with Gasteiger partial charge in [0.2, 0.25) is 0 Å². The molecule has 0 aromatic rings. The van der Waals surface area contributed by atoms with E-state index in [1.165, 1.54) is 44.3 Å². The topological polar surface area (TPSA) is 26.3 Å². The molecule has 0 radical (unpaired) electrons. The van der Waals surface area contributed by atoms with E-state index in [0.717, 1.165) is 0 Å². The van der Waals surface area contributed by atoms with Gasteiger partial charge in [0.25, 0.3) is 0 Å². The molecule has 10 heteroatoms. The molecule has 0 saturated carbocycles. The van der Waals surface area contributed by atoms with Gasteiger partial charge in [0.1, 0.15) is 4.91 Å². The van der Waals surface area contributed by atoms with E-state index < -0.39 is 0 Å². The number of esters is 1. The fourth-order valence-electron chi connectivity index (χ4n) is 1.59. The molecule has 0 aliphatic carbocycles. The number of hydrogen-bond acceptors (Lipinski definition) is 10. The maximum atomic E-state index is 11.6. The molecular weight excluding hydrogens is 433 g/mol. The van der Waals surface area contributed by atoms with Crippen molar-refractivity contribution in [2.24, 2.45) is 0 Å². The summed E-state index contributed by atoms with van der Waals surface area (Å²) < 4.78 is 12.8. The molecule has 114 valence electrons. The zero-order valence-corrected chi connectivity index (χ0v) is 17.3. The Labute approximate surface area is 162 Å². The number of hydrogen-bond donors (Lipinski definition) is 0. The largest absolute Gasteiger partial charge is 0.465 e. The highest BCUT2D eigenvalue weighted by Crippen LogP contribution is 2.70. The van der Waals surface area contributed by atoms with Gasteiger partial charge in [-0.05, 0) is 16.2 Å². The van der Waals surface area contributed by atoms with Crippen molar-refractivity contribution in [1.29, 1.82) is 0 Å². The summed E-state index contributed by atoms with van der Waals surface area (Å²) in [6.07, 6.45) is 0. The first kappa shape index (κ1) is 16.4. The van der Waals surface area contributed by atoms with Gasteiger partial charge in [-0.3, -0.25) is 0 Å². The van der Waals surface area contributed by atoms with Gasteiger partial charge in [-0.25, -0.2) is 4.79 Å². The van der Waals surface area contributed by atoms with Crippen LogP contribution in [0.2, 0.25) is 0 Å². The smallest absolute Gasteiger partial charge is 0.345 e. The lowest BCUT2D eigenvalue weighted by atomic mass is 10.6. The first-order chi connectivity index (χ1) is 10.7. The van der Waals surface area contributed by atoms with Crippen molar-refractivity contribution in [2.75, 3.05) is 7.11 Å². The van der Waals surface area contributed by atoms with Crippen molar-refractivity contribution in [2.45, 2.75) is 0 Å². The SMILES string of the molecule is COC(=O)C1=CSC(=C2SC3=C(SC(=C4SC=CS4)S3)S2)S1. The van der Waals surface area contributed by atoms with E-state index >= 15 is 0 Å². The van der Waals surface area contributed by atoms with E-state index in [9.17, 15) is 4.79 Å². The fraction of sp³-hybridized carbons (Fsp3) is 0.0833. The van der Waals surface area contributed by atoms with Gasteiger partial charge in [0, 0.05) is 0 Å². The molecule has 0 spiro atoms. The van der Waals surface area contributed by atoms with Gasteiger partial charge in [0.15, 0.2) is 0 Å². The van der Waals surface area contributed by atoms with Crippen molar-refractivity contribution in [3.05, 3.63) is 46.6 Å². The minimum Gasteiger partial charge on any atom is -0.465 e. The third kappa shape index (κ3) is 3.22. The Morgan fingerprint density at radius 3 is 1.91 bits per heavy atom. The zero-order chi connectivity index (χ0) is 15.1. The van der Waals surface area contributed by atoms with Crippen molar-refractivity contribution in [3.8, 4) is 0 Å². The Hall–Kier alpha value is 0.970. The Balaban J connectivity index is 1.44. The van der Waals surface area contributed by atoms with Crippen LogP contribution in [-0.4, -0.2) is 13.1 Å². The van der Waals surface area contributed by atoms with E-state index in [-0.39, 0.29) is 5.97 Å². The number of rotatable bonds is 1. The van der Waals surface area contributed by atoms with E-state index in [0.29, 0.717) is 4.91 Å². The Kier molecular flexibility index (Phi) is 5.28. The van der Waals surface area contributed by atoms with Crippen LogP contribution in [0.1, 0.15) is 0 Å². The highest BCUT2D eigenvalue weighted by atomic mass is 32.3. The highest BCUT2D eigenvalue weighted by Gasteiger charge is 2.35. The lowest BCUT2D eigenvalue weighted by Gasteiger charge is -2.06. The van der Waals surface area contributed by atoms with Crippen LogP contribution in [0.3, 0.4) is 0 Å². The quantitative estimate of drug-likeness (QED) is 0.408. The standard InChI is InChI=1S/C12H6O2S8/c1-14-6(13)5-4-17-8(18-5)10-21-11-12(22-10)20-9(19-11)7-15-2-3-16-7/h2-4H,1H3. The summed E-state index contributed by atoms with van der Waals surface area (Å²) >= 11 is 14.1. The number of thioether (sulfide) groups is 8. The minimum absolute atomic E-state index is 0.250. The number of ether oxygens (including phenoxy) is 1. The van der Waals surface area contributed by atoms with Crippen LogP contribution in [0.5, 0.6) is 0 Å². The van der Waals surface area contributed by atoms with E-state index in [1.54, 1.807) is 35.3 Å². The molecule has 4 aliphatic rings. The van der Waals surface area contributed by atoms with E-state index in [4.69, 9.17) is 4.74 Å². The third-order valence-electron chi connectivity index (χ3n) is 2.51. The predicted octanol–water partition coefficient (Wildman–Crippen LogP) is 6.77. The lowest BCUT2D eigenvalue weighted by Crippen LogP contribution is -1.99. The van der Waals surface area contributed by atoms with Crippen LogP contribution >= 0.6 is 94.1 Å². The van der Waals surface area contributed by atoms with Gasteiger partial charge < -0.3 is 4.74 Å². The summed E-state index contributed by atoms with van der Waals surface area (Å²) in [5.74, 6) is -0.250. The molecule has 0 unspecified atom stereocenters. The Morgan fingerprint density at radius 2 is 1.32 bits per heavy atom. The molecule has 0 aromatic heterocycles. The van der Waals surface area contributed by atoms with Crippen molar-refractivity contribution in [1.82, 2.24) is 0 Å². The average molecular weight is 439 g/mol. The average Bonchev–Trinajstić information content (AvgIpc) is 3.25. The second-order valence-corrected chi connectivity index (χ2v) is 13.2. The molecule has 4 rings (SSSR count).